The van der Waals surface area contributed by atoms with E-state index in [4.69, 9.17) is 5.21 Å². The lowest BCUT2D eigenvalue weighted by atomic mass is 10.2. The van der Waals surface area contributed by atoms with Gasteiger partial charge in [0, 0.05) is 37.4 Å². The van der Waals surface area contributed by atoms with Crippen LogP contribution in [0.4, 0.5) is 5.82 Å². The third-order valence-electron chi connectivity index (χ3n) is 2.75. The van der Waals surface area contributed by atoms with Gasteiger partial charge < -0.3 is 15.4 Å². The molecule has 0 saturated carbocycles. The maximum Gasteiger partial charge on any atom is 0.128 e. The molecule has 0 bridgehead atoms. The number of hydrogen-bond acceptors (Lipinski definition) is 5. The van der Waals surface area contributed by atoms with Gasteiger partial charge in [0.1, 0.15) is 5.82 Å². The van der Waals surface area contributed by atoms with Crippen molar-refractivity contribution < 1.29 is 5.21 Å². The Labute approximate surface area is 94.8 Å². The largest absolute Gasteiger partial charge is 0.411 e. The molecule has 2 heterocycles. The fourth-order valence-electron chi connectivity index (χ4n) is 1.83. The minimum absolute atomic E-state index is 0.849. The molecule has 5 nitrogen and oxygen atoms in total. The fraction of sp³-hybridized carbons (Fsp3) is 0.455. The summed E-state index contributed by atoms with van der Waals surface area (Å²) >= 11 is 0. The summed E-state index contributed by atoms with van der Waals surface area (Å²) in [5.41, 5.74) is 1.73. The van der Waals surface area contributed by atoms with Gasteiger partial charge in [0.25, 0.3) is 0 Å². The van der Waals surface area contributed by atoms with E-state index >= 15 is 0 Å². The summed E-state index contributed by atoms with van der Waals surface area (Å²) in [5.74, 6) is 0.995. The van der Waals surface area contributed by atoms with E-state index in [1.807, 2.05) is 19.1 Å². The summed E-state index contributed by atoms with van der Waals surface area (Å²) in [6, 6.07) is 3.90. The molecule has 1 aliphatic rings. The Morgan fingerprint density at radius 2 is 2.19 bits per heavy atom. The van der Waals surface area contributed by atoms with Crippen molar-refractivity contribution in [3.63, 3.8) is 0 Å². The molecule has 5 heteroatoms. The first-order valence-corrected chi connectivity index (χ1v) is 5.42. The van der Waals surface area contributed by atoms with Crippen LogP contribution in [0.2, 0.25) is 0 Å². The van der Waals surface area contributed by atoms with Gasteiger partial charge in [-0.15, -0.1) is 0 Å². The zero-order chi connectivity index (χ0) is 11.4. The normalized spacial score (nSPS) is 16.9. The number of nitrogens with zero attached hydrogens (tertiary/aromatic N) is 3. The number of piperazine rings is 1. The van der Waals surface area contributed by atoms with Crippen LogP contribution in [-0.4, -0.2) is 42.6 Å². The van der Waals surface area contributed by atoms with E-state index in [0.717, 1.165) is 43.3 Å². The van der Waals surface area contributed by atoms with Crippen molar-refractivity contribution in [3.8, 4) is 0 Å². The second-order valence-electron chi connectivity index (χ2n) is 3.83. The predicted molar refractivity (Wildman–Crippen MR) is 63.4 cm³/mol. The molecule has 0 unspecified atom stereocenters. The highest BCUT2D eigenvalue weighted by Crippen LogP contribution is 2.14. The van der Waals surface area contributed by atoms with E-state index in [0.29, 0.717) is 0 Å². The third-order valence-corrected chi connectivity index (χ3v) is 2.75. The van der Waals surface area contributed by atoms with Crippen LogP contribution in [0.5, 0.6) is 0 Å². The minimum Gasteiger partial charge on any atom is -0.411 e. The van der Waals surface area contributed by atoms with E-state index in [1.54, 1.807) is 0 Å². The van der Waals surface area contributed by atoms with Crippen LogP contribution in [0.15, 0.2) is 17.3 Å². The summed E-state index contributed by atoms with van der Waals surface area (Å²) in [7, 11) is 0. The van der Waals surface area contributed by atoms with Crippen molar-refractivity contribution in [3.05, 3.63) is 23.4 Å². The van der Waals surface area contributed by atoms with Crippen molar-refractivity contribution in [2.45, 2.75) is 6.92 Å². The van der Waals surface area contributed by atoms with Gasteiger partial charge in [-0.2, -0.15) is 0 Å². The predicted octanol–water partition coefficient (Wildman–Crippen LogP) is 0.608. The summed E-state index contributed by atoms with van der Waals surface area (Å²) in [4.78, 5) is 6.76. The number of anilines is 1. The van der Waals surface area contributed by atoms with Crippen molar-refractivity contribution in [1.29, 1.82) is 0 Å². The molecule has 0 aliphatic carbocycles. The van der Waals surface area contributed by atoms with Crippen molar-refractivity contribution in [2.75, 3.05) is 31.1 Å². The molecular weight excluding hydrogens is 204 g/mol. The van der Waals surface area contributed by atoms with Gasteiger partial charge in [0.05, 0.1) is 6.21 Å². The standard InChI is InChI=1S/C11H16N4O/c1-9-10(8-13-16)2-3-11(14-9)15-6-4-12-5-7-15/h2-3,8,12,16H,4-7H2,1H3/b13-8+. The van der Waals surface area contributed by atoms with Crippen molar-refractivity contribution in [1.82, 2.24) is 10.3 Å². The summed E-state index contributed by atoms with van der Waals surface area (Å²) in [6.07, 6.45) is 1.41. The third kappa shape index (κ3) is 2.30. The first-order chi connectivity index (χ1) is 7.81. The zero-order valence-corrected chi connectivity index (χ0v) is 9.35. The van der Waals surface area contributed by atoms with Crippen LogP contribution in [0.3, 0.4) is 0 Å². The highest BCUT2D eigenvalue weighted by Gasteiger charge is 2.12. The Bertz CT molecular complexity index is 386. The number of aromatic nitrogens is 1. The first kappa shape index (κ1) is 10.9. The second-order valence-corrected chi connectivity index (χ2v) is 3.83. The topological polar surface area (TPSA) is 60.8 Å². The lowest BCUT2D eigenvalue weighted by Crippen LogP contribution is -2.43. The molecule has 2 N–H and O–H groups in total. The average Bonchev–Trinajstić information content (AvgIpc) is 2.33. The Kier molecular flexibility index (Phi) is 3.36. The molecule has 1 fully saturated rings. The van der Waals surface area contributed by atoms with Gasteiger partial charge >= 0.3 is 0 Å². The molecule has 0 radical (unpaired) electrons. The smallest absolute Gasteiger partial charge is 0.128 e. The van der Waals surface area contributed by atoms with Gasteiger partial charge in [-0.1, -0.05) is 5.16 Å². The molecule has 16 heavy (non-hydrogen) atoms. The number of oxime groups is 1. The fourth-order valence-corrected chi connectivity index (χ4v) is 1.83. The Morgan fingerprint density at radius 1 is 1.44 bits per heavy atom. The Balaban J connectivity index is 2.19. The average molecular weight is 220 g/mol. The SMILES string of the molecule is Cc1nc(N2CCNCC2)ccc1/C=N/O. The van der Waals surface area contributed by atoms with Gasteiger partial charge in [-0.25, -0.2) is 4.98 Å². The van der Waals surface area contributed by atoms with Gasteiger partial charge in [0.15, 0.2) is 0 Å². The molecule has 0 spiro atoms. The molecule has 86 valence electrons. The van der Waals surface area contributed by atoms with E-state index in [2.05, 4.69) is 20.4 Å². The molecule has 0 aromatic carbocycles. The van der Waals surface area contributed by atoms with E-state index in [-0.39, 0.29) is 0 Å². The highest BCUT2D eigenvalue weighted by molar-refractivity contribution is 5.80. The summed E-state index contributed by atoms with van der Waals surface area (Å²) in [6.45, 7) is 5.89. The van der Waals surface area contributed by atoms with Gasteiger partial charge in [0.2, 0.25) is 0 Å². The van der Waals surface area contributed by atoms with Crippen LogP contribution in [0, 0.1) is 6.92 Å². The minimum atomic E-state index is 0.849. The monoisotopic (exact) mass is 220 g/mol. The molecule has 1 saturated heterocycles. The van der Waals surface area contributed by atoms with Crippen LogP contribution in [0.1, 0.15) is 11.3 Å². The summed E-state index contributed by atoms with van der Waals surface area (Å²) < 4.78 is 0. The van der Waals surface area contributed by atoms with Crippen LogP contribution in [0.25, 0.3) is 0 Å². The Morgan fingerprint density at radius 3 is 2.81 bits per heavy atom. The number of hydrogen-bond donors (Lipinski definition) is 2. The highest BCUT2D eigenvalue weighted by atomic mass is 16.4. The van der Waals surface area contributed by atoms with Crippen LogP contribution < -0.4 is 10.2 Å². The number of aryl methyl sites for hydroxylation is 1. The van der Waals surface area contributed by atoms with Crippen molar-refractivity contribution >= 4 is 12.0 Å². The quantitative estimate of drug-likeness (QED) is 0.435. The van der Waals surface area contributed by atoms with Crippen LogP contribution in [-0.2, 0) is 0 Å². The first-order valence-electron chi connectivity index (χ1n) is 5.42. The molecule has 1 aromatic heterocycles. The maximum absolute atomic E-state index is 8.49. The van der Waals surface area contributed by atoms with E-state index < -0.39 is 0 Å². The number of rotatable bonds is 2. The number of nitrogens with one attached hydrogen (secondary N) is 1. The van der Waals surface area contributed by atoms with E-state index in [9.17, 15) is 0 Å². The molecule has 0 atom stereocenters. The molecular formula is C11H16N4O. The number of pyridine rings is 1. The van der Waals surface area contributed by atoms with Gasteiger partial charge in [-0.05, 0) is 19.1 Å². The van der Waals surface area contributed by atoms with E-state index in [1.165, 1.54) is 6.21 Å². The molecule has 1 aliphatic heterocycles. The maximum atomic E-state index is 8.49. The van der Waals surface area contributed by atoms with Gasteiger partial charge in [-0.3, -0.25) is 0 Å². The van der Waals surface area contributed by atoms with Crippen LogP contribution >= 0.6 is 0 Å². The summed E-state index contributed by atoms with van der Waals surface area (Å²) in [5, 5.41) is 14.8. The van der Waals surface area contributed by atoms with Crippen molar-refractivity contribution in [2.24, 2.45) is 5.16 Å². The molecule has 0 amide bonds. The zero-order valence-electron chi connectivity index (χ0n) is 9.35. The second kappa shape index (κ2) is 4.94. The molecule has 1 aromatic rings. The lowest BCUT2D eigenvalue weighted by molar-refractivity contribution is 0.322. The Hall–Kier alpha value is -1.62. The lowest BCUT2D eigenvalue weighted by Gasteiger charge is -2.28. The molecule has 2 rings (SSSR count).